The second kappa shape index (κ2) is 7.86. The molecule has 0 fully saturated rings. The standard InChI is InChI=1S/C18H20ClF3N4O3/c1-9-10(5-8-13(27)24-17(2,3)4)16(29)26(15(9)28)25-12-7-6-11(14(19)23-12)18(20,21)22/h5-8,28-29H,1-4H3,(H,23,25)(H,24,27). The van der Waals surface area contributed by atoms with Gasteiger partial charge in [0.15, 0.2) is 0 Å². The first-order valence-electron chi connectivity index (χ1n) is 8.35. The Balaban J connectivity index is 2.31. The molecule has 0 saturated heterocycles. The Labute approximate surface area is 169 Å². The average molecular weight is 433 g/mol. The number of hydrogen-bond acceptors (Lipinski definition) is 5. The van der Waals surface area contributed by atoms with Gasteiger partial charge in [-0.05, 0) is 45.9 Å². The molecule has 0 aliphatic carbocycles. The number of nitrogens with zero attached hydrogens (tertiary/aromatic N) is 2. The minimum absolute atomic E-state index is 0.136. The zero-order valence-electron chi connectivity index (χ0n) is 16.0. The van der Waals surface area contributed by atoms with E-state index in [1.54, 1.807) is 20.8 Å². The molecule has 0 unspecified atom stereocenters. The van der Waals surface area contributed by atoms with E-state index in [-0.39, 0.29) is 16.9 Å². The van der Waals surface area contributed by atoms with Crippen molar-refractivity contribution in [3.63, 3.8) is 0 Å². The van der Waals surface area contributed by atoms with E-state index < -0.39 is 40.1 Å². The second-order valence-electron chi connectivity index (χ2n) is 7.24. The Hall–Kier alpha value is -2.88. The molecule has 0 spiro atoms. The van der Waals surface area contributed by atoms with Crippen LogP contribution in [0.5, 0.6) is 11.8 Å². The van der Waals surface area contributed by atoms with Crippen LogP contribution in [0.3, 0.4) is 0 Å². The van der Waals surface area contributed by atoms with Crippen molar-refractivity contribution in [2.75, 3.05) is 5.43 Å². The molecule has 2 heterocycles. The highest BCUT2D eigenvalue weighted by Crippen LogP contribution is 2.36. The van der Waals surface area contributed by atoms with E-state index in [0.29, 0.717) is 0 Å². The number of carbonyl (C=O) groups is 1. The molecular formula is C18H20ClF3N4O3. The van der Waals surface area contributed by atoms with Crippen LogP contribution >= 0.6 is 11.6 Å². The Morgan fingerprint density at radius 1 is 1.21 bits per heavy atom. The van der Waals surface area contributed by atoms with Crippen molar-refractivity contribution in [2.24, 2.45) is 0 Å². The summed E-state index contributed by atoms with van der Waals surface area (Å²) in [5.41, 5.74) is 1.26. The fourth-order valence-corrected chi connectivity index (χ4v) is 2.64. The Morgan fingerprint density at radius 3 is 2.34 bits per heavy atom. The van der Waals surface area contributed by atoms with Crippen molar-refractivity contribution in [1.82, 2.24) is 15.0 Å². The van der Waals surface area contributed by atoms with Crippen LogP contribution in [0.2, 0.25) is 5.15 Å². The maximum absolute atomic E-state index is 12.8. The molecule has 2 aromatic rings. The highest BCUT2D eigenvalue weighted by atomic mass is 35.5. The minimum Gasteiger partial charge on any atom is -0.493 e. The lowest BCUT2D eigenvalue weighted by molar-refractivity contribution is -0.137. The van der Waals surface area contributed by atoms with Gasteiger partial charge >= 0.3 is 6.18 Å². The summed E-state index contributed by atoms with van der Waals surface area (Å²) in [6.07, 6.45) is -2.18. The summed E-state index contributed by atoms with van der Waals surface area (Å²) >= 11 is 5.57. The molecule has 2 rings (SSSR count). The Morgan fingerprint density at radius 2 is 1.83 bits per heavy atom. The molecule has 2 aromatic heterocycles. The van der Waals surface area contributed by atoms with Gasteiger partial charge in [-0.15, -0.1) is 0 Å². The molecule has 29 heavy (non-hydrogen) atoms. The van der Waals surface area contributed by atoms with Crippen LogP contribution in [-0.4, -0.2) is 31.3 Å². The first-order valence-corrected chi connectivity index (χ1v) is 8.72. The van der Waals surface area contributed by atoms with Gasteiger partial charge in [0, 0.05) is 22.7 Å². The maximum Gasteiger partial charge on any atom is 0.419 e. The molecule has 4 N–H and O–H groups in total. The lowest BCUT2D eigenvalue weighted by Gasteiger charge is -2.18. The number of alkyl halides is 3. The largest absolute Gasteiger partial charge is 0.493 e. The molecule has 1 amide bonds. The minimum atomic E-state index is -4.66. The van der Waals surface area contributed by atoms with Crippen molar-refractivity contribution in [2.45, 2.75) is 39.4 Å². The fraction of sp³-hybridized carbons (Fsp3) is 0.333. The van der Waals surface area contributed by atoms with Crippen LogP contribution in [0, 0.1) is 6.92 Å². The third-order valence-electron chi connectivity index (χ3n) is 3.68. The second-order valence-corrected chi connectivity index (χ2v) is 7.60. The van der Waals surface area contributed by atoms with Crippen LogP contribution in [0.4, 0.5) is 19.0 Å². The predicted molar refractivity (Wildman–Crippen MR) is 103 cm³/mol. The highest BCUT2D eigenvalue weighted by Gasteiger charge is 2.34. The molecular weight excluding hydrogens is 413 g/mol. The highest BCUT2D eigenvalue weighted by molar-refractivity contribution is 6.30. The van der Waals surface area contributed by atoms with Crippen LogP contribution in [0.1, 0.15) is 37.5 Å². The smallest absolute Gasteiger partial charge is 0.419 e. The van der Waals surface area contributed by atoms with E-state index in [1.807, 2.05) is 0 Å². The van der Waals surface area contributed by atoms with E-state index in [9.17, 15) is 28.2 Å². The molecule has 0 saturated carbocycles. The van der Waals surface area contributed by atoms with E-state index in [1.165, 1.54) is 19.1 Å². The summed E-state index contributed by atoms with van der Waals surface area (Å²) in [7, 11) is 0. The van der Waals surface area contributed by atoms with Gasteiger partial charge in [0.05, 0.1) is 5.56 Å². The van der Waals surface area contributed by atoms with E-state index in [4.69, 9.17) is 11.6 Å². The third-order valence-corrected chi connectivity index (χ3v) is 3.97. The van der Waals surface area contributed by atoms with E-state index in [2.05, 4.69) is 15.7 Å². The zero-order valence-corrected chi connectivity index (χ0v) is 16.8. The van der Waals surface area contributed by atoms with Gasteiger partial charge in [-0.3, -0.25) is 10.2 Å². The van der Waals surface area contributed by atoms with Crippen molar-refractivity contribution in [3.8, 4) is 11.8 Å². The van der Waals surface area contributed by atoms with Crippen molar-refractivity contribution < 1.29 is 28.2 Å². The van der Waals surface area contributed by atoms with Crippen LogP contribution in [0.25, 0.3) is 6.08 Å². The number of aromatic hydroxyl groups is 2. The van der Waals surface area contributed by atoms with Gasteiger partial charge < -0.3 is 15.5 Å². The number of hydrogen-bond donors (Lipinski definition) is 4. The summed E-state index contributed by atoms with van der Waals surface area (Å²) in [5, 5.41) is 22.5. The van der Waals surface area contributed by atoms with Crippen molar-refractivity contribution in [1.29, 1.82) is 0 Å². The first-order chi connectivity index (χ1) is 13.2. The van der Waals surface area contributed by atoms with E-state index in [0.717, 1.165) is 16.8 Å². The van der Waals surface area contributed by atoms with Gasteiger partial charge in [0.25, 0.3) is 0 Å². The third kappa shape index (κ3) is 5.35. The molecule has 0 atom stereocenters. The number of pyridine rings is 1. The lowest BCUT2D eigenvalue weighted by atomic mass is 10.1. The molecule has 11 heteroatoms. The fourth-order valence-electron chi connectivity index (χ4n) is 2.37. The molecule has 0 aliphatic rings. The average Bonchev–Trinajstić information content (AvgIpc) is 2.74. The van der Waals surface area contributed by atoms with Gasteiger partial charge in [-0.1, -0.05) is 11.6 Å². The normalized spacial score (nSPS) is 12.4. The number of aromatic nitrogens is 2. The Kier molecular flexibility index (Phi) is 6.07. The number of nitrogens with one attached hydrogen (secondary N) is 2. The first kappa shape index (κ1) is 22.4. The summed E-state index contributed by atoms with van der Waals surface area (Å²) in [6.45, 7) is 6.89. The molecule has 0 radical (unpaired) electrons. The lowest BCUT2D eigenvalue weighted by Crippen LogP contribution is -2.39. The Bertz CT molecular complexity index is 963. The van der Waals surface area contributed by atoms with Crippen molar-refractivity contribution in [3.05, 3.63) is 40.1 Å². The van der Waals surface area contributed by atoms with Crippen molar-refractivity contribution >= 4 is 29.4 Å². The molecule has 158 valence electrons. The number of amides is 1. The number of rotatable bonds is 4. The van der Waals surface area contributed by atoms with Gasteiger partial charge in [-0.2, -0.15) is 17.8 Å². The summed E-state index contributed by atoms with van der Waals surface area (Å²) in [6, 6.07) is 1.72. The van der Waals surface area contributed by atoms with Gasteiger partial charge in [0.2, 0.25) is 17.7 Å². The van der Waals surface area contributed by atoms with E-state index >= 15 is 0 Å². The van der Waals surface area contributed by atoms with Crippen LogP contribution in [0.15, 0.2) is 18.2 Å². The number of anilines is 1. The molecule has 0 bridgehead atoms. The van der Waals surface area contributed by atoms with Gasteiger partial charge in [0.1, 0.15) is 11.0 Å². The monoisotopic (exact) mass is 432 g/mol. The van der Waals surface area contributed by atoms with Crippen LogP contribution in [-0.2, 0) is 11.0 Å². The SMILES string of the molecule is Cc1c(C=CC(=O)NC(C)(C)C)c(O)n(Nc2ccc(C(F)(F)F)c(Cl)n2)c1O. The maximum atomic E-state index is 12.8. The summed E-state index contributed by atoms with van der Waals surface area (Å²) in [5.74, 6) is -1.45. The van der Waals surface area contributed by atoms with Gasteiger partial charge in [-0.25, -0.2) is 4.98 Å². The zero-order chi connectivity index (χ0) is 22.1. The molecule has 0 aromatic carbocycles. The summed E-state index contributed by atoms with van der Waals surface area (Å²) in [4.78, 5) is 15.5. The number of halogens is 4. The topological polar surface area (TPSA) is 99.4 Å². The molecule has 0 aliphatic heterocycles. The number of carbonyl (C=O) groups excluding carboxylic acids is 1. The molecule has 7 nitrogen and oxygen atoms in total. The quantitative estimate of drug-likeness (QED) is 0.431. The van der Waals surface area contributed by atoms with Crippen LogP contribution < -0.4 is 10.7 Å². The predicted octanol–water partition coefficient (Wildman–Crippen LogP) is 4.08. The summed E-state index contributed by atoms with van der Waals surface area (Å²) < 4.78 is 39.1.